The van der Waals surface area contributed by atoms with E-state index in [0.29, 0.717) is 5.06 Å². The first-order valence-corrected chi connectivity index (χ1v) is 8.55. The first-order chi connectivity index (χ1) is 10.9. The van der Waals surface area contributed by atoms with Gasteiger partial charge < -0.3 is 0 Å². The first-order valence-electron chi connectivity index (χ1n) is 7.15. The Morgan fingerprint density at radius 1 is 1.00 bits per heavy atom. The number of amides is 2. The average Bonchev–Trinajstić information content (AvgIpc) is 3.17. The van der Waals surface area contributed by atoms with Crippen LogP contribution in [0.5, 0.6) is 0 Å². The van der Waals surface area contributed by atoms with E-state index in [2.05, 4.69) is 0 Å². The molecule has 1 aromatic rings. The van der Waals surface area contributed by atoms with E-state index in [4.69, 9.17) is 4.28 Å². The summed E-state index contributed by atoms with van der Waals surface area (Å²) in [5.41, 5.74) is 0. The monoisotopic (exact) mass is 337 g/mol. The number of imide groups is 1. The van der Waals surface area contributed by atoms with Crippen molar-refractivity contribution in [1.82, 2.24) is 5.06 Å². The van der Waals surface area contributed by atoms with Gasteiger partial charge in [-0.2, -0.15) is 8.42 Å². The molecule has 0 spiro atoms. The molecule has 6 nitrogen and oxygen atoms in total. The molecule has 0 aromatic heterocycles. The Kier molecular flexibility index (Phi) is 2.98. The first kappa shape index (κ1) is 14.5. The fraction of sp³-hybridized carbons (Fsp3) is 0.333. The van der Waals surface area contributed by atoms with Gasteiger partial charge in [0.05, 0.1) is 16.7 Å². The lowest BCUT2D eigenvalue weighted by Crippen LogP contribution is -2.35. The maximum absolute atomic E-state index is 12.9. The largest absolute Gasteiger partial charge is 0.318 e. The number of fused-ring (bicyclic) bond motifs is 5. The third kappa shape index (κ3) is 2.05. The van der Waals surface area contributed by atoms with Gasteiger partial charge >= 0.3 is 10.1 Å². The van der Waals surface area contributed by atoms with Crippen molar-refractivity contribution in [3.63, 3.8) is 0 Å². The van der Waals surface area contributed by atoms with Crippen LogP contribution in [-0.2, 0) is 24.0 Å². The fourth-order valence-corrected chi connectivity index (χ4v) is 4.59. The molecule has 0 radical (unpaired) electrons. The van der Waals surface area contributed by atoms with Crippen molar-refractivity contribution in [2.75, 3.05) is 0 Å². The summed E-state index contributed by atoms with van der Waals surface area (Å²) < 4.78 is 42.0. The Labute approximate surface area is 131 Å². The molecule has 2 bridgehead atoms. The molecule has 1 saturated heterocycles. The maximum atomic E-state index is 12.9. The number of halogens is 1. The third-order valence-electron chi connectivity index (χ3n) is 4.70. The lowest BCUT2D eigenvalue weighted by atomic mass is 9.85. The number of nitrogens with zero attached hydrogens (tertiary/aromatic N) is 1. The van der Waals surface area contributed by atoms with Crippen molar-refractivity contribution in [2.45, 2.75) is 11.3 Å². The predicted molar refractivity (Wildman–Crippen MR) is 74.2 cm³/mol. The number of benzene rings is 1. The van der Waals surface area contributed by atoms with E-state index in [1.165, 1.54) is 0 Å². The molecule has 23 heavy (non-hydrogen) atoms. The molecule has 0 N–H and O–H groups in total. The summed E-state index contributed by atoms with van der Waals surface area (Å²) in [7, 11) is -4.37. The fourth-order valence-electron chi connectivity index (χ4n) is 3.69. The summed E-state index contributed by atoms with van der Waals surface area (Å²) in [5.74, 6) is -3.01. The Morgan fingerprint density at radius 3 is 2.04 bits per heavy atom. The second kappa shape index (κ2) is 4.72. The van der Waals surface area contributed by atoms with Crippen LogP contribution in [0.2, 0.25) is 0 Å². The van der Waals surface area contributed by atoms with E-state index >= 15 is 0 Å². The number of hydrogen-bond acceptors (Lipinski definition) is 5. The van der Waals surface area contributed by atoms with Crippen LogP contribution < -0.4 is 0 Å². The lowest BCUT2D eigenvalue weighted by molar-refractivity contribution is -0.166. The Balaban J connectivity index is 1.61. The standard InChI is InChI=1S/C15H12FNO5S/c16-10-3-5-11(6-4-10)23(20,21)22-17-14(18)12-8-1-2-9(7-8)13(12)15(17)19/h1-6,8-9,12-13H,7H2. The molecule has 1 aliphatic heterocycles. The predicted octanol–water partition coefficient (Wildman–Crippen LogP) is 1.25. The van der Waals surface area contributed by atoms with Crippen molar-refractivity contribution in [2.24, 2.45) is 23.7 Å². The van der Waals surface area contributed by atoms with Crippen molar-refractivity contribution in [3.8, 4) is 0 Å². The molecule has 1 aromatic carbocycles. The smallest absolute Gasteiger partial charge is 0.272 e. The number of hydroxylamine groups is 2. The van der Waals surface area contributed by atoms with Crippen LogP contribution in [0.25, 0.3) is 0 Å². The minimum atomic E-state index is -4.37. The number of hydrogen-bond donors (Lipinski definition) is 0. The molecule has 4 rings (SSSR count). The van der Waals surface area contributed by atoms with E-state index in [1.54, 1.807) is 0 Å². The van der Waals surface area contributed by atoms with Gasteiger partial charge in [-0.3, -0.25) is 9.59 Å². The summed E-state index contributed by atoms with van der Waals surface area (Å²) in [4.78, 5) is 24.4. The molecule has 1 heterocycles. The number of carbonyl (C=O) groups is 2. The molecule has 8 heteroatoms. The molecule has 4 atom stereocenters. The van der Waals surface area contributed by atoms with Crippen molar-refractivity contribution in [1.29, 1.82) is 0 Å². The van der Waals surface area contributed by atoms with Crippen LogP contribution in [0, 0.1) is 29.5 Å². The van der Waals surface area contributed by atoms with Gasteiger partial charge in [0.1, 0.15) is 5.82 Å². The molecule has 1 saturated carbocycles. The number of carbonyl (C=O) groups excluding carboxylic acids is 2. The highest BCUT2D eigenvalue weighted by Crippen LogP contribution is 2.52. The van der Waals surface area contributed by atoms with E-state index in [0.717, 1.165) is 30.7 Å². The van der Waals surface area contributed by atoms with Crippen LogP contribution in [-0.4, -0.2) is 25.3 Å². The zero-order valence-electron chi connectivity index (χ0n) is 11.8. The quantitative estimate of drug-likeness (QED) is 0.613. The van der Waals surface area contributed by atoms with Gasteiger partial charge in [0.25, 0.3) is 11.8 Å². The van der Waals surface area contributed by atoms with E-state index in [9.17, 15) is 22.4 Å². The highest BCUT2D eigenvalue weighted by molar-refractivity contribution is 7.86. The summed E-state index contributed by atoms with van der Waals surface area (Å²) in [6.07, 6.45) is 4.54. The maximum Gasteiger partial charge on any atom is 0.318 e. The van der Waals surface area contributed by atoms with Crippen molar-refractivity contribution < 1.29 is 26.7 Å². The van der Waals surface area contributed by atoms with Crippen LogP contribution in [0.15, 0.2) is 41.3 Å². The number of allylic oxidation sites excluding steroid dienone is 2. The molecular weight excluding hydrogens is 325 g/mol. The van der Waals surface area contributed by atoms with Gasteiger partial charge in [0.2, 0.25) is 0 Å². The van der Waals surface area contributed by atoms with E-state index < -0.39 is 39.6 Å². The third-order valence-corrected chi connectivity index (χ3v) is 5.90. The van der Waals surface area contributed by atoms with Crippen LogP contribution in [0.4, 0.5) is 4.39 Å². The topological polar surface area (TPSA) is 80.8 Å². The van der Waals surface area contributed by atoms with Gasteiger partial charge in [-0.1, -0.05) is 12.2 Å². The van der Waals surface area contributed by atoms with E-state index in [1.807, 2.05) is 12.2 Å². The molecule has 2 aliphatic carbocycles. The zero-order valence-corrected chi connectivity index (χ0v) is 12.6. The minimum Gasteiger partial charge on any atom is -0.272 e. The Morgan fingerprint density at radius 2 is 1.52 bits per heavy atom. The summed E-state index contributed by atoms with van der Waals surface area (Å²) >= 11 is 0. The Bertz CT molecular complexity index is 802. The lowest BCUT2D eigenvalue weighted by Gasteiger charge is -2.15. The normalized spacial score (nSPS) is 32.0. The molecule has 2 fully saturated rings. The summed E-state index contributed by atoms with van der Waals surface area (Å²) in [6, 6.07) is 3.95. The average molecular weight is 337 g/mol. The van der Waals surface area contributed by atoms with Crippen LogP contribution >= 0.6 is 0 Å². The molecule has 3 aliphatic rings. The van der Waals surface area contributed by atoms with Crippen LogP contribution in [0.3, 0.4) is 0 Å². The van der Waals surface area contributed by atoms with Crippen molar-refractivity contribution in [3.05, 3.63) is 42.2 Å². The SMILES string of the molecule is O=C1C2C3C=CC(C3)C2C(=O)N1OS(=O)(=O)c1ccc(F)cc1. The Hall–Kier alpha value is -2.06. The molecule has 120 valence electrons. The number of rotatable bonds is 3. The highest BCUT2D eigenvalue weighted by Gasteiger charge is 2.60. The summed E-state index contributed by atoms with van der Waals surface area (Å²) in [5, 5.41) is 0.361. The minimum absolute atomic E-state index is 0.0384. The van der Waals surface area contributed by atoms with Crippen molar-refractivity contribution >= 4 is 21.9 Å². The molecular formula is C15H12FNO5S. The van der Waals surface area contributed by atoms with Gasteiger partial charge in [0, 0.05) is 0 Å². The van der Waals surface area contributed by atoms with E-state index in [-0.39, 0.29) is 16.7 Å². The second-order valence-electron chi connectivity index (χ2n) is 5.95. The van der Waals surface area contributed by atoms with Gasteiger partial charge in [-0.05, 0) is 42.5 Å². The van der Waals surface area contributed by atoms with Gasteiger partial charge in [0.15, 0.2) is 0 Å². The molecule has 2 amide bonds. The highest BCUT2D eigenvalue weighted by atomic mass is 32.2. The van der Waals surface area contributed by atoms with Crippen LogP contribution in [0.1, 0.15) is 6.42 Å². The molecule has 4 unspecified atom stereocenters. The summed E-state index contributed by atoms with van der Waals surface area (Å²) in [6.45, 7) is 0. The second-order valence-corrected chi connectivity index (χ2v) is 7.48. The van der Waals surface area contributed by atoms with Gasteiger partial charge in [-0.15, -0.1) is 9.35 Å². The zero-order chi connectivity index (χ0) is 16.4. The van der Waals surface area contributed by atoms with Gasteiger partial charge in [-0.25, -0.2) is 4.39 Å².